The first-order valence-corrected chi connectivity index (χ1v) is 9.57. The van der Waals surface area contributed by atoms with Crippen molar-refractivity contribution in [3.63, 3.8) is 0 Å². The van der Waals surface area contributed by atoms with Gasteiger partial charge in [0.2, 0.25) is 0 Å². The molecule has 10 heteroatoms. The van der Waals surface area contributed by atoms with Gasteiger partial charge >= 0.3 is 12.2 Å². The highest BCUT2D eigenvalue weighted by molar-refractivity contribution is 7.80. The number of ether oxygens (including phenoxy) is 3. The molecule has 28 heavy (non-hydrogen) atoms. The van der Waals surface area contributed by atoms with E-state index in [9.17, 15) is 9.59 Å². The van der Waals surface area contributed by atoms with E-state index >= 15 is 0 Å². The number of hydrogen-bond acceptors (Lipinski definition) is 6. The molecule has 0 saturated carbocycles. The van der Waals surface area contributed by atoms with E-state index in [1.165, 1.54) is 4.90 Å². The third-order valence-electron chi connectivity index (χ3n) is 4.42. The number of cyclic esters (lactones) is 2. The van der Waals surface area contributed by atoms with Gasteiger partial charge in [-0.25, -0.2) is 9.59 Å². The zero-order valence-electron chi connectivity index (χ0n) is 16.0. The maximum absolute atomic E-state index is 12.2. The summed E-state index contributed by atoms with van der Waals surface area (Å²) in [6, 6.07) is 7.15. The van der Waals surface area contributed by atoms with Gasteiger partial charge in [0.25, 0.3) is 5.17 Å². The van der Waals surface area contributed by atoms with Gasteiger partial charge in [-0.2, -0.15) is 0 Å². The minimum Gasteiger partial charge on any atom is -0.465 e. The Morgan fingerprint density at radius 2 is 1.89 bits per heavy atom. The number of carbonyl (C=O) groups is 2. The van der Waals surface area contributed by atoms with E-state index in [4.69, 9.17) is 26.4 Å². The molecular formula is C18H25N4O5S+. The van der Waals surface area contributed by atoms with Crippen LogP contribution >= 0.6 is 12.2 Å². The number of hydrogen-bond donors (Lipinski definition) is 2. The lowest BCUT2D eigenvalue weighted by Gasteiger charge is -2.16. The van der Waals surface area contributed by atoms with Gasteiger partial charge in [-0.15, -0.1) is 0 Å². The van der Waals surface area contributed by atoms with Crippen molar-refractivity contribution in [2.24, 2.45) is 0 Å². The molecule has 1 aromatic carbocycles. The fourth-order valence-corrected chi connectivity index (χ4v) is 3.04. The van der Waals surface area contributed by atoms with Crippen LogP contribution in [0.4, 0.5) is 21.0 Å². The zero-order chi connectivity index (χ0) is 20.1. The zero-order valence-corrected chi connectivity index (χ0v) is 16.8. The molecule has 1 aromatic rings. The van der Waals surface area contributed by atoms with E-state index < -0.39 is 6.09 Å². The molecule has 152 valence electrons. The first kappa shape index (κ1) is 20.2. The third-order valence-corrected chi connectivity index (χ3v) is 4.68. The quantitative estimate of drug-likeness (QED) is 0.614. The lowest BCUT2D eigenvalue weighted by atomic mass is 10.2. The molecule has 2 aliphatic heterocycles. The lowest BCUT2D eigenvalue weighted by molar-refractivity contribution is -0.858. The van der Waals surface area contributed by atoms with Gasteiger partial charge < -0.3 is 24.4 Å². The van der Waals surface area contributed by atoms with Crippen molar-refractivity contribution >= 4 is 41.0 Å². The standard InChI is InChI=1S/C18H24N4O5S/c1-20(2)7-9-25-16(28)19-11-15-12-22(18(24)27-15)14-5-3-13(4-6-14)21-8-10-26-17(21)23/h3-6,15H,7-12H2,1-2H3,(H,19,28)/p+1/t15-/m0/s1. The summed E-state index contributed by atoms with van der Waals surface area (Å²) in [7, 11) is 4.07. The van der Waals surface area contributed by atoms with Crippen LogP contribution in [-0.2, 0) is 14.2 Å². The minimum atomic E-state index is -0.414. The highest BCUT2D eigenvalue weighted by Crippen LogP contribution is 2.26. The number of nitrogens with zero attached hydrogens (tertiary/aromatic N) is 2. The highest BCUT2D eigenvalue weighted by Gasteiger charge is 2.32. The average Bonchev–Trinajstić information content (AvgIpc) is 3.25. The largest absolute Gasteiger partial charge is 0.465 e. The second kappa shape index (κ2) is 9.07. The Kier molecular flexibility index (Phi) is 6.53. The molecule has 2 aliphatic rings. The Hall–Kier alpha value is -2.59. The first-order chi connectivity index (χ1) is 13.4. The predicted molar refractivity (Wildman–Crippen MR) is 107 cm³/mol. The van der Waals surface area contributed by atoms with Gasteiger partial charge in [0, 0.05) is 11.4 Å². The second-order valence-corrected chi connectivity index (χ2v) is 7.24. The number of quaternary nitrogens is 1. The summed E-state index contributed by atoms with van der Waals surface area (Å²) in [4.78, 5) is 28.2. The monoisotopic (exact) mass is 409 g/mol. The van der Waals surface area contributed by atoms with E-state index in [0.29, 0.717) is 43.7 Å². The van der Waals surface area contributed by atoms with E-state index in [-0.39, 0.29) is 12.2 Å². The molecule has 0 bridgehead atoms. The fourth-order valence-electron chi connectivity index (χ4n) is 2.88. The number of thiocarbonyl (C=S) groups is 1. The van der Waals surface area contributed by atoms with Crippen molar-refractivity contribution in [3.8, 4) is 0 Å². The normalized spacial score (nSPS) is 19.0. The number of carbonyl (C=O) groups excluding carboxylic acids is 2. The lowest BCUT2D eigenvalue weighted by Crippen LogP contribution is -3.06. The van der Waals surface area contributed by atoms with Gasteiger partial charge in [-0.3, -0.25) is 9.80 Å². The van der Waals surface area contributed by atoms with Crippen LogP contribution in [0.2, 0.25) is 0 Å². The molecule has 1 atom stereocenters. The Balaban J connectivity index is 1.49. The molecule has 2 amide bonds. The molecule has 0 aliphatic carbocycles. The van der Waals surface area contributed by atoms with Crippen LogP contribution in [-0.4, -0.2) is 77.0 Å². The van der Waals surface area contributed by atoms with Crippen molar-refractivity contribution in [1.82, 2.24) is 5.32 Å². The maximum atomic E-state index is 12.2. The van der Waals surface area contributed by atoms with Crippen molar-refractivity contribution < 1.29 is 28.7 Å². The summed E-state index contributed by atoms with van der Waals surface area (Å²) in [5.74, 6) is 0. The van der Waals surface area contributed by atoms with Crippen LogP contribution in [0.1, 0.15) is 0 Å². The minimum absolute atomic E-state index is 0.303. The van der Waals surface area contributed by atoms with E-state index in [0.717, 1.165) is 12.2 Å². The topological polar surface area (TPSA) is 84.8 Å². The number of nitrogens with one attached hydrogen (secondary N) is 2. The Labute approximate surface area is 169 Å². The average molecular weight is 409 g/mol. The van der Waals surface area contributed by atoms with Gasteiger partial charge in [0.15, 0.2) is 0 Å². The SMILES string of the molecule is C[NH+](C)CCOC(=S)NC[C@H]1CN(c2ccc(N3CCOC3=O)cc2)C(=O)O1. The van der Waals surface area contributed by atoms with Gasteiger partial charge in [-0.1, -0.05) is 0 Å². The number of anilines is 2. The van der Waals surface area contributed by atoms with Crippen LogP contribution in [0.5, 0.6) is 0 Å². The van der Waals surface area contributed by atoms with Gasteiger partial charge in [0.05, 0.1) is 33.7 Å². The predicted octanol–water partition coefficient (Wildman–Crippen LogP) is 0.00400. The highest BCUT2D eigenvalue weighted by atomic mass is 32.1. The molecule has 0 unspecified atom stereocenters. The molecule has 2 fully saturated rings. The van der Waals surface area contributed by atoms with Crippen molar-refractivity contribution in [3.05, 3.63) is 24.3 Å². The third kappa shape index (κ3) is 5.02. The van der Waals surface area contributed by atoms with Gasteiger partial charge in [-0.05, 0) is 36.5 Å². The Morgan fingerprint density at radius 1 is 1.21 bits per heavy atom. The van der Waals surface area contributed by atoms with Crippen molar-refractivity contribution in [2.45, 2.75) is 6.10 Å². The molecule has 0 aromatic heterocycles. The summed E-state index contributed by atoms with van der Waals surface area (Å²) in [6.45, 7) is 3.07. The maximum Gasteiger partial charge on any atom is 0.414 e. The summed E-state index contributed by atoms with van der Waals surface area (Å²) in [5, 5.41) is 3.28. The Morgan fingerprint density at radius 3 is 2.50 bits per heavy atom. The van der Waals surface area contributed by atoms with Gasteiger partial charge in [0.1, 0.15) is 25.9 Å². The number of amides is 2. The van der Waals surface area contributed by atoms with Crippen molar-refractivity contribution in [2.75, 3.05) is 63.3 Å². The van der Waals surface area contributed by atoms with E-state index in [2.05, 4.69) is 5.32 Å². The molecule has 0 spiro atoms. The number of likely N-dealkylation sites (N-methyl/N-ethyl adjacent to an activating group) is 1. The molecule has 9 nitrogen and oxygen atoms in total. The molecule has 2 saturated heterocycles. The number of rotatable bonds is 7. The van der Waals surface area contributed by atoms with E-state index in [1.807, 2.05) is 14.1 Å². The first-order valence-electron chi connectivity index (χ1n) is 9.16. The summed E-state index contributed by atoms with van der Waals surface area (Å²) in [5.41, 5.74) is 1.44. The van der Waals surface area contributed by atoms with Crippen LogP contribution in [0.25, 0.3) is 0 Å². The molecular weight excluding hydrogens is 384 g/mol. The number of benzene rings is 1. The molecule has 2 heterocycles. The summed E-state index contributed by atoms with van der Waals surface area (Å²) < 4.78 is 15.8. The summed E-state index contributed by atoms with van der Waals surface area (Å²) >= 11 is 5.13. The Bertz CT molecular complexity index is 727. The fraction of sp³-hybridized carbons (Fsp3) is 0.500. The van der Waals surface area contributed by atoms with Crippen LogP contribution < -0.4 is 20.0 Å². The summed E-state index contributed by atoms with van der Waals surface area (Å²) in [6.07, 6.45) is -1.10. The molecule has 2 N–H and O–H groups in total. The van der Waals surface area contributed by atoms with Crippen LogP contribution in [0.15, 0.2) is 24.3 Å². The molecule has 0 radical (unpaired) electrons. The van der Waals surface area contributed by atoms with Crippen LogP contribution in [0.3, 0.4) is 0 Å². The van der Waals surface area contributed by atoms with Crippen molar-refractivity contribution in [1.29, 1.82) is 0 Å². The van der Waals surface area contributed by atoms with E-state index in [1.54, 1.807) is 34.1 Å². The smallest absolute Gasteiger partial charge is 0.414 e. The molecule has 3 rings (SSSR count). The van der Waals surface area contributed by atoms with Crippen LogP contribution in [0, 0.1) is 0 Å². The second-order valence-electron chi connectivity index (χ2n) is 6.87.